The van der Waals surface area contributed by atoms with Gasteiger partial charge < -0.3 is 0 Å². The maximum absolute atomic E-state index is 12.4. The van der Waals surface area contributed by atoms with Crippen LogP contribution < -0.4 is 4.72 Å². The summed E-state index contributed by atoms with van der Waals surface area (Å²) in [5, 5.41) is 0.521. The molecule has 5 heteroatoms. The van der Waals surface area contributed by atoms with Crippen molar-refractivity contribution in [3.8, 4) is 0 Å². The van der Waals surface area contributed by atoms with Gasteiger partial charge in [0.2, 0.25) is 0 Å². The summed E-state index contributed by atoms with van der Waals surface area (Å²) in [4.78, 5) is 0.239. The van der Waals surface area contributed by atoms with Crippen LogP contribution in [0.5, 0.6) is 0 Å². The van der Waals surface area contributed by atoms with Gasteiger partial charge in [-0.2, -0.15) is 0 Å². The van der Waals surface area contributed by atoms with E-state index in [4.69, 9.17) is 11.6 Å². The van der Waals surface area contributed by atoms with Crippen molar-refractivity contribution in [2.45, 2.75) is 25.7 Å². The van der Waals surface area contributed by atoms with Crippen LogP contribution in [0.3, 0.4) is 0 Å². The number of hydrogen-bond acceptors (Lipinski definition) is 2. The van der Waals surface area contributed by atoms with Crippen LogP contribution in [-0.2, 0) is 10.0 Å². The van der Waals surface area contributed by atoms with E-state index in [9.17, 15) is 8.42 Å². The van der Waals surface area contributed by atoms with E-state index in [1.54, 1.807) is 25.1 Å². The van der Waals surface area contributed by atoms with E-state index in [0.29, 0.717) is 16.3 Å². The molecule has 0 spiro atoms. The molecule has 2 aromatic carbocycles. The monoisotopic (exact) mass is 309 g/mol. The number of anilines is 1. The Morgan fingerprint density at radius 1 is 1.00 bits per heavy atom. The van der Waals surface area contributed by atoms with Gasteiger partial charge in [-0.05, 0) is 61.7 Å². The number of nitrogens with one attached hydrogen (secondary N) is 1. The lowest BCUT2D eigenvalue weighted by Gasteiger charge is -2.13. The van der Waals surface area contributed by atoms with Crippen molar-refractivity contribution in [2.24, 2.45) is 0 Å². The minimum absolute atomic E-state index is 0.239. The molecule has 2 aromatic rings. The number of benzene rings is 2. The smallest absolute Gasteiger partial charge is 0.262 e. The summed E-state index contributed by atoms with van der Waals surface area (Å²) in [7, 11) is -3.61. The van der Waals surface area contributed by atoms with Crippen LogP contribution in [0.1, 0.15) is 16.7 Å². The third-order valence-corrected chi connectivity index (χ3v) is 5.04. The molecular formula is C15H16ClNO2S. The minimum Gasteiger partial charge on any atom is -0.279 e. The number of sulfonamides is 1. The van der Waals surface area contributed by atoms with E-state index in [1.807, 2.05) is 26.0 Å². The average molecular weight is 310 g/mol. The van der Waals surface area contributed by atoms with Gasteiger partial charge in [0.05, 0.1) is 10.6 Å². The van der Waals surface area contributed by atoms with Gasteiger partial charge in [0.25, 0.3) is 10.0 Å². The standard InChI is InChI=1S/C15H16ClNO2S/c1-10-5-4-6-14(12(10)3)17-20(18,19)15-8-7-13(16)9-11(15)2/h4-9,17H,1-3H3. The van der Waals surface area contributed by atoms with Crippen molar-refractivity contribution < 1.29 is 8.42 Å². The van der Waals surface area contributed by atoms with Crippen molar-refractivity contribution in [3.63, 3.8) is 0 Å². The van der Waals surface area contributed by atoms with Gasteiger partial charge in [-0.25, -0.2) is 8.42 Å². The Labute approximate surface area is 124 Å². The maximum atomic E-state index is 12.4. The average Bonchev–Trinajstić information content (AvgIpc) is 2.34. The van der Waals surface area contributed by atoms with Crippen molar-refractivity contribution in [3.05, 3.63) is 58.1 Å². The second-order valence-electron chi connectivity index (χ2n) is 4.76. The summed E-state index contributed by atoms with van der Waals surface area (Å²) in [5.74, 6) is 0. The fourth-order valence-electron chi connectivity index (χ4n) is 1.98. The third-order valence-electron chi connectivity index (χ3n) is 3.28. The van der Waals surface area contributed by atoms with E-state index in [1.165, 1.54) is 6.07 Å². The molecule has 0 aliphatic heterocycles. The summed E-state index contributed by atoms with van der Waals surface area (Å²) in [6, 6.07) is 10.3. The summed E-state index contributed by atoms with van der Waals surface area (Å²) < 4.78 is 27.5. The Bertz CT molecular complexity index is 754. The first kappa shape index (κ1) is 14.9. The molecule has 0 aliphatic carbocycles. The molecule has 106 valence electrons. The molecule has 0 unspecified atom stereocenters. The molecular weight excluding hydrogens is 294 g/mol. The molecule has 2 rings (SSSR count). The predicted molar refractivity (Wildman–Crippen MR) is 82.9 cm³/mol. The predicted octanol–water partition coefficient (Wildman–Crippen LogP) is 4.07. The summed E-state index contributed by atoms with van der Waals surface area (Å²) in [6.07, 6.45) is 0. The van der Waals surface area contributed by atoms with Gasteiger partial charge in [-0.1, -0.05) is 23.7 Å². The zero-order chi connectivity index (χ0) is 14.9. The second kappa shape index (κ2) is 5.46. The van der Waals surface area contributed by atoms with Gasteiger partial charge in [0.15, 0.2) is 0 Å². The van der Waals surface area contributed by atoms with Crippen molar-refractivity contribution in [1.29, 1.82) is 0 Å². The summed E-state index contributed by atoms with van der Waals surface area (Å²) in [5.41, 5.74) is 3.18. The zero-order valence-corrected chi connectivity index (χ0v) is 13.1. The normalized spacial score (nSPS) is 11.4. The lowest BCUT2D eigenvalue weighted by Crippen LogP contribution is -2.15. The van der Waals surface area contributed by atoms with E-state index >= 15 is 0 Å². The molecule has 20 heavy (non-hydrogen) atoms. The van der Waals surface area contributed by atoms with E-state index < -0.39 is 10.0 Å². The Morgan fingerprint density at radius 2 is 1.70 bits per heavy atom. The zero-order valence-electron chi connectivity index (χ0n) is 11.6. The van der Waals surface area contributed by atoms with Crippen LogP contribution in [0.15, 0.2) is 41.3 Å². The van der Waals surface area contributed by atoms with Crippen LogP contribution >= 0.6 is 11.6 Å². The van der Waals surface area contributed by atoms with Gasteiger partial charge in [-0.3, -0.25) is 4.72 Å². The molecule has 0 saturated heterocycles. The maximum Gasteiger partial charge on any atom is 0.262 e. The van der Waals surface area contributed by atoms with Crippen LogP contribution in [0.4, 0.5) is 5.69 Å². The van der Waals surface area contributed by atoms with Crippen molar-refractivity contribution >= 4 is 27.3 Å². The summed E-state index contributed by atoms with van der Waals surface area (Å²) in [6.45, 7) is 5.56. The fourth-order valence-corrected chi connectivity index (χ4v) is 3.55. The molecule has 1 N–H and O–H groups in total. The minimum atomic E-state index is -3.61. The van der Waals surface area contributed by atoms with Crippen LogP contribution in [0.25, 0.3) is 0 Å². The molecule has 0 saturated carbocycles. The number of hydrogen-bond donors (Lipinski definition) is 1. The highest BCUT2D eigenvalue weighted by molar-refractivity contribution is 7.92. The lowest BCUT2D eigenvalue weighted by molar-refractivity contribution is 0.600. The third kappa shape index (κ3) is 2.97. The number of halogens is 1. The molecule has 0 radical (unpaired) electrons. The van der Waals surface area contributed by atoms with Gasteiger partial charge >= 0.3 is 0 Å². The van der Waals surface area contributed by atoms with Crippen molar-refractivity contribution in [2.75, 3.05) is 4.72 Å². The van der Waals surface area contributed by atoms with E-state index in [2.05, 4.69) is 4.72 Å². The fraction of sp³-hybridized carbons (Fsp3) is 0.200. The Hall–Kier alpha value is -1.52. The van der Waals surface area contributed by atoms with E-state index in [0.717, 1.165) is 11.1 Å². The number of aryl methyl sites for hydroxylation is 2. The first-order chi connectivity index (χ1) is 9.31. The first-order valence-electron chi connectivity index (χ1n) is 6.16. The highest BCUT2D eigenvalue weighted by atomic mass is 35.5. The molecule has 0 heterocycles. The molecule has 0 amide bonds. The molecule has 0 aliphatic rings. The van der Waals surface area contributed by atoms with Crippen LogP contribution in [-0.4, -0.2) is 8.42 Å². The largest absolute Gasteiger partial charge is 0.279 e. The highest BCUT2D eigenvalue weighted by Gasteiger charge is 2.18. The highest BCUT2D eigenvalue weighted by Crippen LogP contribution is 2.25. The van der Waals surface area contributed by atoms with Crippen LogP contribution in [0.2, 0.25) is 5.02 Å². The quantitative estimate of drug-likeness (QED) is 0.929. The molecule has 0 aromatic heterocycles. The van der Waals surface area contributed by atoms with E-state index in [-0.39, 0.29) is 4.90 Å². The van der Waals surface area contributed by atoms with Gasteiger partial charge in [-0.15, -0.1) is 0 Å². The molecule has 3 nitrogen and oxygen atoms in total. The number of rotatable bonds is 3. The van der Waals surface area contributed by atoms with Gasteiger partial charge in [0, 0.05) is 5.02 Å². The molecule has 0 bridgehead atoms. The Morgan fingerprint density at radius 3 is 2.35 bits per heavy atom. The summed E-state index contributed by atoms with van der Waals surface area (Å²) >= 11 is 5.86. The van der Waals surface area contributed by atoms with Gasteiger partial charge in [0.1, 0.15) is 0 Å². The van der Waals surface area contributed by atoms with Crippen LogP contribution in [0, 0.1) is 20.8 Å². The molecule has 0 fully saturated rings. The van der Waals surface area contributed by atoms with Crippen molar-refractivity contribution in [1.82, 2.24) is 0 Å². The Balaban J connectivity index is 2.44. The topological polar surface area (TPSA) is 46.2 Å². The Kier molecular flexibility index (Phi) is 4.06. The second-order valence-corrected chi connectivity index (χ2v) is 6.85. The molecule has 0 atom stereocenters. The first-order valence-corrected chi connectivity index (χ1v) is 8.02. The SMILES string of the molecule is Cc1cc(Cl)ccc1S(=O)(=O)Nc1cccc(C)c1C. The lowest BCUT2D eigenvalue weighted by atomic mass is 10.1.